The zero-order chi connectivity index (χ0) is 27.6. The second kappa shape index (κ2) is 8.47. The Morgan fingerprint density at radius 3 is 1.75 bits per heavy atom. The zero-order valence-corrected chi connectivity index (χ0v) is 20.9. The van der Waals surface area contributed by atoms with E-state index in [-0.39, 0.29) is 16.8 Å². The van der Waals surface area contributed by atoms with Crippen molar-refractivity contribution in [2.75, 3.05) is 9.80 Å². The minimum absolute atomic E-state index is 0.0388. The van der Waals surface area contributed by atoms with Gasteiger partial charge < -0.3 is 5.11 Å². The van der Waals surface area contributed by atoms with Crippen LogP contribution in [0.5, 0.6) is 0 Å². The highest BCUT2D eigenvalue weighted by molar-refractivity contribution is 6.58. The molecule has 7 heteroatoms. The normalized spacial score (nSPS) is 21.0. The molecule has 40 heavy (non-hydrogen) atoms. The van der Waals surface area contributed by atoms with Crippen molar-refractivity contribution in [3.05, 3.63) is 143 Å². The Balaban J connectivity index is 1.64. The molecule has 7 rings (SSSR count). The van der Waals surface area contributed by atoms with Gasteiger partial charge in [-0.15, -0.1) is 0 Å². The second-order valence-electron chi connectivity index (χ2n) is 9.68. The molecule has 1 N–H and O–H groups in total. The van der Waals surface area contributed by atoms with E-state index in [1.165, 1.54) is 4.90 Å². The summed E-state index contributed by atoms with van der Waals surface area (Å²) in [7, 11) is 0. The Morgan fingerprint density at radius 2 is 1.12 bits per heavy atom. The molecule has 1 atom stereocenters. The molecule has 7 nitrogen and oxygen atoms in total. The van der Waals surface area contributed by atoms with Gasteiger partial charge in [-0.2, -0.15) is 0 Å². The van der Waals surface area contributed by atoms with Gasteiger partial charge in [0.25, 0.3) is 11.7 Å². The lowest BCUT2D eigenvalue weighted by atomic mass is 9.79. The SMILES string of the molecule is O=C1C(=O)N(c2ccccc2)C2(C(=O)N(c3ccccc3)C3=C2C(=O)c2ccccc23)/C1=C(\O)c1ccccc1. The minimum atomic E-state index is -2.24. The summed E-state index contributed by atoms with van der Waals surface area (Å²) in [6.45, 7) is 0. The lowest BCUT2D eigenvalue weighted by Gasteiger charge is -2.36. The van der Waals surface area contributed by atoms with E-state index in [4.69, 9.17) is 0 Å². The number of nitrogens with zero attached hydrogens (tertiary/aromatic N) is 2. The average molecular weight is 525 g/mol. The van der Waals surface area contributed by atoms with Gasteiger partial charge in [0.05, 0.1) is 16.8 Å². The first-order valence-electron chi connectivity index (χ1n) is 12.7. The van der Waals surface area contributed by atoms with E-state index in [1.807, 2.05) is 0 Å². The fraction of sp³-hybridized carbons (Fsp3) is 0.0303. The summed E-state index contributed by atoms with van der Waals surface area (Å²) >= 11 is 0. The van der Waals surface area contributed by atoms with E-state index in [9.17, 15) is 24.3 Å². The Kier molecular flexibility index (Phi) is 4.99. The summed E-state index contributed by atoms with van der Waals surface area (Å²) in [4.78, 5) is 59.5. The number of aliphatic hydroxyl groups is 1. The van der Waals surface area contributed by atoms with Gasteiger partial charge in [0.2, 0.25) is 0 Å². The van der Waals surface area contributed by atoms with E-state index in [0.717, 1.165) is 4.90 Å². The molecule has 4 aromatic carbocycles. The summed E-state index contributed by atoms with van der Waals surface area (Å²) < 4.78 is 0. The molecule has 0 aromatic heterocycles. The highest BCUT2D eigenvalue weighted by Gasteiger charge is 2.71. The largest absolute Gasteiger partial charge is 0.507 e. The van der Waals surface area contributed by atoms with Crippen molar-refractivity contribution in [2.45, 2.75) is 5.54 Å². The van der Waals surface area contributed by atoms with Crippen molar-refractivity contribution in [1.29, 1.82) is 0 Å². The monoisotopic (exact) mass is 524 g/mol. The van der Waals surface area contributed by atoms with Crippen molar-refractivity contribution in [3.63, 3.8) is 0 Å². The Hall–Kier alpha value is -5.56. The first-order valence-corrected chi connectivity index (χ1v) is 12.7. The molecule has 1 spiro atoms. The molecule has 2 heterocycles. The van der Waals surface area contributed by atoms with E-state index in [2.05, 4.69) is 0 Å². The van der Waals surface area contributed by atoms with Crippen molar-refractivity contribution >= 4 is 46.2 Å². The number of para-hydroxylation sites is 2. The van der Waals surface area contributed by atoms with Gasteiger partial charge >= 0.3 is 5.91 Å². The van der Waals surface area contributed by atoms with Crippen LogP contribution in [0.3, 0.4) is 0 Å². The van der Waals surface area contributed by atoms with Gasteiger partial charge in [-0.25, -0.2) is 0 Å². The fourth-order valence-electron chi connectivity index (χ4n) is 6.01. The third kappa shape index (κ3) is 2.88. The molecule has 0 saturated carbocycles. The second-order valence-corrected chi connectivity index (χ2v) is 9.68. The predicted molar refractivity (Wildman–Crippen MR) is 149 cm³/mol. The smallest absolute Gasteiger partial charge is 0.300 e. The summed E-state index contributed by atoms with van der Waals surface area (Å²) in [5.41, 5.74) is -0.629. The quantitative estimate of drug-likeness (QED) is 0.232. The van der Waals surface area contributed by atoms with Crippen LogP contribution in [0.2, 0.25) is 0 Å². The van der Waals surface area contributed by atoms with Gasteiger partial charge in [-0.1, -0.05) is 91.0 Å². The highest BCUT2D eigenvalue weighted by Crippen LogP contribution is 2.57. The Labute approximate surface area is 228 Å². The number of aliphatic hydroxyl groups excluding tert-OH is 1. The Morgan fingerprint density at radius 1 is 0.600 bits per heavy atom. The van der Waals surface area contributed by atoms with Crippen LogP contribution in [0.25, 0.3) is 11.5 Å². The average Bonchev–Trinajstić information content (AvgIpc) is 3.53. The van der Waals surface area contributed by atoms with Crippen LogP contribution in [-0.2, 0) is 14.4 Å². The topological polar surface area (TPSA) is 95.0 Å². The summed E-state index contributed by atoms with van der Waals surface area (Å²) in [6, 6.07) is 32.2. The number of ketones is 2. The molecular formula is C33H20N2O5. The zero-order valence-electron chi connectivity index (χ0n) is 20.9. The maximum Gasteiger partial charge on any atom is 0.300 e. The first kappa shape index (κ1) is 23.5. The third-order valence-electron chi connectivity index (χ3n) is 7.62. The molecule has 1 unspecified atom stereocenters. The highest BCUT2D eigenvalue weighted by atomic mass is 16.3. The van der Waals surface area contributed by atoms with Crippen LogP contribution in [0.15, 0.2) is 126 Å². The number of benzene rings is 4. The molecule has 1 saturated heterocycles. The maximum absolute atomic E-state index is 15.0. The summed E-state index contributed by atoms with van der Waals surface area (Å²) in [5, 5.41) is 11.7. The summed E-state index contributed by atoms with van der Waals surface area (Å²) in [5.74, 6) is -3.78. The van der Waals surface area contributed by atoms with Crippen LogP contribution in [0, 0.1) is 0 Å². The molecule has 1 aliphatic carbocycles. The molecule has 0 bridgehead atoms. The lowest BCUT2D eigenvalue weighted by Crippen LogP contribution is -2.57. The van der Waals surface area contributed by atoms with E-state index in [1.54, 1.807) is 115 Å². The molecule has 1 fully saturated rings. The van der Waals surface area contributed by atoms with Gasteiger partial charge in [-0.3, -0.25) is 29.0 Å². The predicted octanol–water partition coefficient (Wildman–Crippen LogP) is 4.96. The number of Topliss-reactive ketones (excluding diaryl/α,β-unsaturated/α-hetero) is 2. The van der Waals surface area contributed by atoms with Crippen LogP contribution >= 0.6 is 0 Å². The number of hydrogen-bond acceptors (Lipinski definition) is 5. The van der Waals surface area contributed by atoms with Crippen LogP contribution in [-0.4, -0.2) is 34.0 Å². The number of amides is 2. The van der Waals surface area contributed by atoms with Crippen molar-refractivity contribution < 1.29 is 24.3 Å². The minimum Gasteiger partial charge on any atom is -0.507 e. The number of hydrogen-bond donors (Lipinski definition) is 1. The van der Waals surface area contributed by atoms with Crippen LogP contribution < -0.4 is 9.80 Å². The number of anilines is 2. The van der Waals surface area contributed by atoms with Gasteiger partial charge in [0.15, 0.2) is 11.3 Å². The van der Waals surface area contributed by atoms with E-state index < -0.39 is 40.3 Å². The number of carbonyl (C=O) groups is 4. The van der Waals surface area contributed by atoms with Gasteiger partial charge in [0, 0.05) is 28.1 Å². The van der Waals surface area contributed by atoms with Gasteiger partial charge in [-0.05, 0) is 24.3 Å². The standard InChI is InChI=1S/C33H20N2O5/c36-28(20-12-4-1-5-13-20)26-30(38)31(39)35(22-16-8-3-9-17-22)33(26)25-27(23-18-10-11-19-24(23)29(25)37)34(32(33)40)21-14-6-2-7-15-21/h1-19,36H/b28-26-. The number of rotatable bonds is 3. The first-order chi connectivity index (χ1) is 19.5. The lowest BCUT2D eigenvalue weighted by molar-refractivity contribution is -0.132. The molecular weight excluding hydrogens is 504 g/mol. The van der Waals surface area contributed by atoms with E-state index in [0.29, 0.717) is 22.5 Å². The van der Waals surface area contributed by atoms with Crippen molar-refractivity contribution in [1.82, 2.24) is 0 Å². The molecule has 4 aromatic rings. The molecule has 2 amide bonds. The van der Waals surface area contributed by atoms with Crippen LogP contribution in [0.4, 0.5) is 11.4 Å². The molecule has 192 valence electrons. The number of carbonyl (C=O) groups excluding carboxylic acids is 4. The summed E-state index contributed by atoms with van der Waals surface area (Å²) in [6.07, 6.45) is 0. The molecule has 0 radical (unpaired) electrons. The van der Waals surface area contributed by atoms with Gasteiger partial charge in [0.1, 0.15) is 5.76 Å². The molecule has 3 aliphatic rings. The maximum atomic E-state index is 15.0. The van der Waals surface area contributed by atoms with Crippen molar-refractivity contribution in [3.8, 4) is 0 Å². The fourth-order valence-corrected chi connectivity index (χ4v) is 6.01. The van der Waals surface area contributed by atoms with E-state index >= 15 is 0 Å². The number of fused-ring (bicyclic) bond motifs is 3. The van der Waals surface area contributed by atoms with Crippen LogP contribution in [0.1, 0.15) is 21.5 Å². The van der Waals surface area contributed by atoms with Crippen molar-refractivity contribution in [2.24, 2.45) is 0 Å². The third-order valence-corrected chi connectivity index (χ3v) is 7.62. The Bertz CT molecular complexity index is 1830. The molecule has 2 aliphatic heterocycles.